The van der Waals surface area contributed by atoms with Crippen LogP contribution in [0.5, 0.6) is 0 Å². The summed E-state index contributed by atoms with van der Waals surface area (Å²) in [6.45, 7) is 9.13. The number of hydrogen-bond donors (Lipinski definition) is 0. The van der Waals surface area contributed by atoms with Crippen molar-refractivity contribution in [3.63, 3.8) is 0 Å². The van der Waals surface area contributed by atoms with Gasteiger partial charge in [0.25, 0.3) is 0 Å². The minimum atomic E-state index is -3.69. The van der Waals surface area contributed by atoms with Crippen molar-refractivity contribution in [2.24, 2.45) is 16.9 Å². The van der Waals surface area contributed by atoms with E-state index in [0.717, 1.165) is 23.2 Å². The molecule has 0 radical (unpaired) electrons. The number of fused-ring (bicyclic) bond motifs is 2. The van der Waals surface area contributed by atoms with Crippen LogP contribution in [0.25, 0.3) is 4.83 Å². The second-order valence-electron chi connectivity index (χ2n) is 8.08. The van der Waals surface area contributed by atoms with Crippen LogP contribution in [-0.2, 0) is 10.0 Å². The van der Waals surface area contributed by atoms with Crippen LogP contribution < -0.4 is 29.6 Å². The molecule has 24 heavy (non-hydrogen) atoms. The van der Waals surface area contributed by atoms with Crippen molar-refractivity contribution in [2.45, 2.75) is 56.3 Å². The van der Waals surface area contributed by atoms with E-state index in [1.54, 1.807) is 24.3 Å². The first-order valence-electron chi connectivity index (χ1n) is 8.27. The molecule has 1 aromatic rings. The first-order valence-corrected chi connectivity index (χ1v) is 13.3. The van der Waals surface area contributed by atoms with Gasteiger partial charge in [0.1, 0.15) is 10.0 Å². The molecule has 2 bridgehead atoms. The summed E-state index contributed by atoms with van der Waals surface area (Å²) in [6.07, 6.45) is 3.40. The predicted octanol–water partition coefficient (Wildman–Crippen LogP) is 1.56. The van der Waals surface area contributed by atoms with Crippen molar-refractivity contribution in [1.82, 2.24) is 0 Å². The molecule has 3 atom stereocenters. The minimum Gasteiger partial charge on any atom is -0.491 e. The van der Waals surface area contributed by atoms with E-state index in [4.69, 9.17) is 0 Å². The van der Waals surface area contributed by atoms with Gasteiger partial charge in [0.15, 0.2) is 0 Å². The number of benzene rings is 1. The molecule has 2 aliphatic rings. The zero-order valence-corrected chi connectivity index (χ0v) is 19.1. The van der Waals surface area contributed by atoms with Gasteiger partial charge in [-0.2, -0.15) is 0 Å². The molecule has 0 spiro atoms. The maximum absolute atomic E-state index is 12.3. The Morgan fingerprint density at radius 2 is 1.75 bits per heavy atom. The van der Waals surface area contributed by atoms with Gasteiger partial charge >= 0.3 is 29.6 Å². The van der Waals surface area contributed by atoms with Gasteiger partial charge in [-0.05, 0) is 61.4 Å². The van der Waals surface area contributed by atoms with Gasteiger partial charge in [0, 0.05) is 8.07 Å². The minimum absolute atomic E-state index is 0. The van der Waals surface area contributed by atoms with Crippen molar-refractivity contribution >= 4 is 23.8 Å². The number of hydrogen-bond acceptors (Lipinski definition) is 3. The van der Waals surface area contributed by atoms with E-state index in [-0.39, 0.29) is 34.5 Å². The number of nitrogens with zero attached hydrogens (tertiary/aromatic N) is 2. The summed E-state index contributed by atoms with van der Waals surface area (Å²) in [7, 11) is -4.92. The molecule has 0 heterocycles. The molecule has 0 aromatic heterocycles. The predicted molar refractivity (Wildman–Crippen MR) is 97.1 cm³/mol. The molecular weight excluding hydrogens is 347 g/mol. The van der Waals surface area contributed by atoms with Gasteiger partial charge < -0.3 is 9.93 Å². The fourth-order valence-electron chi connectivity index (χ4n) is 4.06. The zero-order valence-electron chi connectivity index (χ0n) is 15.3. The standard InChI is InChI=1S/C17H25N2O2SSi.Na/c1-12-5-7-14(8-6-12)22(20,21)19-18-16-10-13-9-15(16)17(11-13)23(2,3)4;/h5-8,13,15,17H,9-11H2,1-4H3;/q-1;+1/b18-16+;/t13-,15+,17+;/m0./s1. The van der Waals surface area contributed by atoms with Crippen molar-refractivity contribution in [3.05, 3.63) is 34.7 Å². The Labute approximate surface area is 168 Å². The van der Waals surface area contributed by atoms with Crippen LogP contribution in [0.1, 0.15) is 24.8 Å². The quantitative estimate of drug-likeness (QED) is 0.595. The summed E-state index contributed by atoms with van der Waals surface area (Å²) in [5.41, 5.74) is 2.77. The van der Waals surface area contributed by atoms with Crippen molar-refractivity contribution in [3.8, 4) is 0 Å². The van der Waals surface area contributed by atoms with Gasteiger partial charge in [-0.3, -0.25) is 0 Å². The maximum Gasteiger partial charge on any atom is 1.00 e. The second-order valence-corrected chi connectivity index (χ2v) is 15.1. The van der Waals surface area contributed by atoms with E-state index in [2.05, 4.69) is 29.6 Å². The summed E-state index contributed by atoms with van der Waals surface area (Å²) in [5, 5.41) is 4.22. The Hall–Kier alpha value is -0.143. The van der Waals surface area contributed by atoms with Crippen LogP contribution in [0.2, 0.25) is 25.2 Å². The van der Waals surface area contributed by atoms with Gasteiger partial charge in [-0.1, -0.05) is 37.3 Å². The summed E-state index contributed by atoms with van der Waals surface area (Å²) >= 11 is 0. The number of rotatable bonds is 4. The Balaban J connectivity index is 0.00000208. The van der Waals surface area contributed by atoms with Crippen LogP contribution >= 0.6 is 0 Å². The van der Waals surface area contributed by atoms with Crippen LogP contribution in [0.3, 0.4) is 0 Å². The number of aryl methyl sites for hydroxylation is 1. The van der Waals surface area contributed by atoms with Crippen LogP contribution in [0, 0.1) is 18.8 Å². The molecule has 2 fully saturated rings. The third-order valence-electron chi connectivity index (χ3n) is 5.29. The summed E-state index contributed by atoms with van der Waals surface area (Å²) in [4.78, 5) is 3.97. The second kappa shape index (κ2) is 7.23. The third-order valence-corrected chi connectivity index (χ3v) is 9.32. The molecule has 4 nitrogen and oxygen atoms in total. The molecule has 0 amide bonds. The topological polar surface area (TPSA) is 60.6 Å². The van der Waals surface area contributed by atoms with E-state index in [1.165, 1.54) is 12.8 Å². The first kappa shape index (κ1) is 20.2. The Morgan fingerprint density at radius 3 is 2.29 bits per heavy atom. The van der Waals surface area contributed by atoms with Gasteiger partial charge in [0.2, 0.25) is 0 Å². The molecule has 0 aliphatic heterocycles. The first-order chi connectivity index (χ1) is 10.7. The van der Waals surface area contributed by atoms with Crippen LogP contribution in [0.15, 0.2) is 34.3 Å². The molecule has 0 saturated heterocycles. The largest absolute Gasteiger partial charge is 1.00 e. The average Bonchev–Trinajstić information content (AvgIpc) is 3.05. The molecular formula is C17H25N2NaO2SSi. The molecule has 2 saturated carbocycles. The van der Waals surface area contributed by atoms with Crippen molar-refractivity contribution < 1.29 is 38.0 Å². The van der Waals surface area contributed by atoms with Crippen molar-refractivity contribution in [2.75, 3.05) is 0 Å². The van der Waals surface area contributed by atoms with E-state index >= 15 is 0 Å². The van der Waals surface area contributed by atoms with E-state index < -0.39 is 18.1 Å². The smallest absolute Gasteiger partial charge is 0.491 e. The summed E-state index contributed by atoms with van der Waals surface area (Å²) < 4.78 is 24.6. The maximum atomic E-state index is 12.3. The summed E-state index contributed by atoms with van der Waals surface area (Å²) in [5.74, 6) is 1.15. The van der Waals surface area contributed by atoms with Crippen LogP contribution in [0.4, 0.5) is 0 Å². The van der Waals surface area contributed by atoms with Gasteiger partial charge in [0.05, 0.1) is 4.90 Å². The monoisotopic (exact) mass is 372 g/mol. The number of sulfonamides is 1. The third kappa shape index (κ3) is 4.15. The van der Waals surface area contributed by atoms with E-state index in [1.807, 2.05) is 6.92 Å². The van der Waals surface area contributed by atoms with Gasteiger partial charge in [-0.25, -0.2) is 8.42 Å². The fraction of sp³-hybridized carbons (Fsp3) is 0.588. The molecule has 7 heteroatoms. The Kier molecular flexibility index (Phi) is 6.08. The molecule has 0 unspecified atom stereocenters. The summed E-state index contributed by atoms with van der Waals surface area (Å²) in [6, 6.07) is 6.77. The zero-order chi connectivity index (χ0) is 16.8. The van der Waals surface area contributed by atoms with Crippen molar-refractivity contribution in [1.29, 1.82) is 0 Å². The van der Waals surface area contributed by atoms with Crippen LogP contribution in [-0.4, -0.2) is 22.2 Å². The fourth-order valence-corrected chi connectivity index (χ4v) is 7.42. The average molecular weight is 373 g/mol. The van der Waals surface area contributed by atoms with Gasteiger partial charge in [-0.15, -0.1) is 0 Å². The van der Waals surface area contributed by atoms with E-state index in [9.17, 15) is 8.42 Å². The molecule has 3 rings (SSSR count). The van der Waals surface area contributed by atoms with E-state index in [0.29, 0.717) is 11.8 Å². The SMILES string of the molecule is Cc1ccc(S(=O)(=O)[N-]/N=C2\C[C@@H]3C[C@H]2[C@H]([Si](C)(C)C)C3)cc1.[Na+]. The molecule has 0 N–H and O–H groups in total. The molecule has 126 valence electrons. The molecule has 2 aliphatic carbocycles. The molecule has 1 aromatic carbocycles. The Morgan fingerprint density at radius 1 is 1.12 bits per heavy atom. The Bertz CT molecular complexity index is 726. The normalized spacial score (nSPS) is 28.0.